The molecule has 0 aliphatic rings. The third kappa shape index (κ3) is 4.05. The molecule has 0 saturated heterocycles. The van der Waals surface area contributed by atoms with Crippen LogP contribution in [0.3, 0.4) is 0 Å². The highest BCUT2D eigenvalue weighted by Gasteiger charge is 2.17. The van der Waals surface area contributed by atoms with E-state index in [0.29, 0.717) is 33.7 Å². The predicted molar refractivity (Wildman–Crippen MR) is 120 cm³/mol. The third-order valence-corrected chi connectivity index (χ3v) is 5.36. The van der Waals surface area contributed by atoms with Crippen molar-refractivity contribution in [2.24, 2.45) is 0 Å². The minimum absolute atomic E-state index is 0.0210. The number of Topliss-reactive ketones (excluding diaryl/α,β-unsaturated/α-hetero) is 2. The van der Waals surface area contributed by atoms with Gasteiger partial charge in [0.25, 0.3) is 0 Å². The summed E-state index contributed by atoms with van der Waals surface area (Å²) in [6.45, 7) is -0.0419. The lowest BCUT2D eigenvalue weighted by Gasteiger charge is -2.07. The van der Waals surface area contributed by atoms with Gasteiger partial charge in [0.2, 0.25) is 5.62 Å². The first-order chi connectivity index (χ1) is 15.5. The number of ketones is 2. The van der Waals surface area contributed by atoms with Gasteiger partial charge in [-0.2, -0.15) is 0 Å². The quantitative estimate of drug-likeness (QED) is 0.433. The highest BCUT2D eigenvalue weighted by Crippen LogP contribution is 2.18. The van der Waals surface area contributed by atoms with Crippen LogP contribution in [0.1, 0.15) is 20.7 Å². The largest absolute Gasteiger partial charge is 0.497 e. The van der Waals surface area contributed by atoms with Crippen LogP contribution in [0.4, 0.5) is 0 Å². The number of ether oxygens (including phenoxy) is 2. The molecule has 0 aliphatic carbocycles. The molecule has 0 bridgehead atoms. The maximum absolute atomic E-state index is 13.0. The number of hydrogen-bond acceptors (Lipinski definition) is 5. The molecule has 1 N–H and O–H groups in total. The topological polar surface area (TPSA) is 86.3 Å². The Balaban J connectivity index is 1.69. The summed E-state index contributed by atoms with van der Waals surface area (Å²) < 4.78 is 13.7. The number of benzene rings is 3. The number of carbonyl (C=O) groups is 2. The van der Waals surface area contributed by atoms with Gasteiger partial charge in [-0.3, -0.25) is 15.0 Å². The van der Waals surface area contributed by atoms with Gasteiger partial charge in [0, 0.05) is 11.1 Å². The summed E-state index contributed by atoms with van der Waals surface area (Å²) in [5.41, 5.74) is 2.51. The number of hydrogen-bond donors (Lipinski definition) is 1. The summed E-state index contributed by atoms with van der Waals surface area (Å²) in [7, 11) is 3.10. The van der Waals surface area contributed by atoms with E-state index in [1.165, 1.54) is 0 Å². The molecule has 0 spiro atoms. The van der Waals surface area contributed by atoms with Gasteiger partial charge in [-0.25, -0.2) is 0 Å². The van der Waals surface area contributed by atoms with Crippen LogP contribution in [-0.2, 0) is 13.1 Å². The summed E-state index contributed by atoms with van der Waals surface area (Å²) >= 11 is 0. The number of rotatable bonds is 8. The van der Waals surface area contributed by atoms with Gasteiger partial charge in [0.1, 0.15) is 11.5 Å². The van der Waals surface area contributed by atoms with Gasteiger partial charge in [0.15, 0.2) is 11.6 Å². The van der Waals surface area contributed by atoms with Crippen molar-refractivity contribution in [1.29, 1.82) is 5.41 Å². The minimum Gasteiger partial charge on any atom is -0.497 e. The van der Waals surface area contributed by atoms with E-state index in [1.54, 1.807) is 71.9 Å². The molecule has 0 atom stereocenters. The average Bonchev–Trinajstić information content (AvgIpc) is 3.10. The highest BCUT2D eigenvalue weighted by molar-refractivity contribution is 5.98. The van der Waals surface area contributed by atoms with Crippen molar-refractivity contribution >= 4 is 22.6 Å². The van der Waals surface area contributed by atoms with E-state index in [-0.39, 0.29) is 30.3 Å². The zero-order valence-electron chi connectivity index (χ0n) is 17.9. The van der Waals surface area contributed by atoms with E-state index >= 15 is 0 Å². The standard InChI is InChI=1S/C25H23N3O4/c1-31-19-9-5-7-17(13-19)23(29)15-27-21-11-3-4-12-22(21)28(25(27)26)16-24(30)18-8-6-10-20(14-18)32-2/h3-14,26H,15-16H2,1-2H3. The fourth-order valence-electron chi connectivity index (χ4n) is 3.68. The van der Waals surface area contributed by atoms with Crippen molar-refractivity contribution in [3.63, 3.8) is 0 Å². The van der Waals surface area contributed by atoms with Crippen LogP contribution in [0.25, 0.3) is 11.0 Å². The zero-order valence-corrected chi connectivity index (χ0v) is 17.9. The minimum atomic E-state index is -0.149. The molecular formula is C25H23N3O4. The fraction of sp³-hybridized carbons (Fsp3) is 0.160. The van der Waals surface area contributed by atoms with Gasteiger partial charge < -0.3 is 18.6 Å². The Morgan fingerprint density at radius 3 is 1.56 bits per heavy atom. The fourth-order valence-corrected chi connectivity index (χ4v) is 3.68. The molecule has 32 heavy (non-hydrogen) atoms. The number of methoxy groups -OCH3 is 2. The van der Waals surface area contributed by atoms with Crippen molar-refractivity contribution in [3.05, 3.63) is 89.5 Å². The van der Waals surface area contributed by atoms with Gasteiger partial charge in [-0.15, -0.1) is 0 Å². The van der Waals surface area contributed by atoms with E-state index in [1.807, 2.05) is 24.3 Å². The first-order valence-electron chi connectivity index (χ1n) is 10.1. The Kier molecular flexibility index (Phi) is 5.89. The van der Waals surface area contributed by atoms with Crippen molar-refractivity contribution in [1.82, 2.24) is 9.13 Å². The number of carbonyl (C=O) groups excluding carboxylic acids is 2. The average molecular weight is 429 g/mol. The number of fused-ring (bicyclic) bond motifs is 1. The molecule has 7 heteroatoms. The third-order valence-electron chi connectivity index (χ3n) is 5.36. The van der Waals surface area contributed by atoms with E-state index in [2.05, 4.69) is 0 Å². The Morgan fingerprint density at radius 1 is 0.719 bits per heavy atom. The monoisotopic (exact) mass is 429 g/mol. The molecule has 4 rings (SSSR count). The number of aromatic nitrogens is 2. The van der Waals surface area contributed by atoms with E-state index in [9.17, 15) is 9.59 Å². The summed E-state index contributed by atoms with van der Waals surface area (Å²) in [5, 5.41) is 8.72. The summed E-state index contributed by atoms with van der Waals surface area (Å²) in [4.78, 5) is 25.9. The molecule has 0 aliphatic heterocycles. The molecule has 0 saturated carbocycles. The van der Waals surface area contributed by atoms with Crippen LogP contribution in [-0.4, -0.2) is 34.9 Å². The maximum Gasteiger partial charge on any atom is 0.203 e. The number of nitrogens with one attached hydrogen (secondary N) is 1. The smallest absolute Gasteiger partial charge is 0.203 e. The van der Waals surface area contributed by atoms with Crippen LogP contribution >= 0.6 is 0 Å². The lowest BCUT2D eigenvalue weighted by atomic mass is 10.1. The number of nitrogens with zero attached hydrogens (tertiary/aromatic N) is 2. The molecule has 1 aromatic heterocycles. The molecule has 162 valence electrons. The number of para-hydroxylation sites is 2. The van der Waals surface area contributed by atoms with Crippen LogP contribution in [0.5, 0.6) is 11.5 Å². The first kappa shape index (κ1) is 21.1. The van der Waals surface area contributed by atoms with Crippen LogP contribution < -0.4 is 15.1 Å². The normalized spacial score (nSPS) is 10.8. The van der Waals surface area contributed by atoms with Crippen molar-refractivity contribution < 1.29 is 19.1 Å². The molecule has 4 aromatic rings. The second-order valence-electron chi connectivity index (χ2n) is 7.29. The molecule has 7 nitrogen and oxygen atoms in total. The summed E-state index contributed by atoms with van der Waals surface area (Å²) in [6, 6.07) is 21.3. The van der Waals surface area contributed by atoms with Crippen molar-refractivity contribution in [2.75, 3.05) is 14.2 Å². The molecular weight excluding hydrogens is 406 g/mol. The van der Waals surface area contributed by atoms with Gasteiger partial charge in [-0.1, -0.05) is 36.4 Å². The van der Waals surface area contributed by atoms with Gasteiger partial charge >= 0.3 is 0 Å². The van der Waals surface area contributed by atoms with Gasteiger partial charge in [0.05, 0.1) is 38.3 Å². The lowest BCUT2D eigenvalue weighted by Crippen LogP contribution is -2.29. The second kappa shape index (κ2) is 8.93. The van der Waals surface area contributed by atoms with Crippen molar-refractivity contribution in [2.45, 2.75) is 13.1 Å². The van der Waals surface area contributed by atoms with Crippen LogP contribution in [0.2, 0.25) is 0 Å². The van der Waals surface area contributed by atoms with E-state index < -0.39 is 0 Å². The van der Waals surface area contributed by atoms with E-state index in [4.69, 9.17) is 14.9 Å². The lowest BCUT2D eigenvalue weighted by molar-refractivity contribution is 0.0970. The molecule has 0 amide bonds. The van der Waals surface area contributed by atoms with Crippen LogP contribution in [0.15, 0.2) is 72.8 Å². The Hall–Kier alpha value is -4.13. The van der Waals surface area contributed by atoms with Crippen molar-refractivity contribution in [3.8, 4) is 11.5 Å². The summed E-state index contributed by atoms with van der Waals surface area (Å²) in [5.74, 6) is 0.894. The predicted octanol–water partition coefficient (Wildman–Crippen LogP) is 3.71. The number of imidazole rings is 1. The second-order valence-corrected chi connectivity index (χ2v) is 7.29. The Morgan fingerprint density at radius 2 is 1.16 bits per heavy atom. The SMILES string of the molecule is COc1cccc(C(=O)Cn2c(=N)n(CC(=O)c3cccc(OC)c3)c3ccccc32)c1. The maximum atomic E-state index is 13.0. The summed E-state index contributed by atoms with van der Waals surface area (Å²) in [6.07, 6.45) is 0. The Labute approximate surface area is 185 Å². The Bertz CT molecular complexity index is 1270. The molecule has 0 fully saturated rings. The zero-order chi connectivity index (χ0) is 22.7. The van der Waals surface area contributed by atoms with Gasteiger partial charge in [-0.05, 0) is 36.4 Å². The molecule has 0 unspecified atom stereocenters. The first-order valence-corrected chi connectivity index (χ1v) is 10.1. The van der Waals surface area contributed by atoms with Crippen LogP contribution in [0, 0.1) is 5.41 Å². The molecule has 0 radical (unpaired) electrons. The van der Waals surface area contributed by atoms with E-state index in [0.717, 1.165) is 0 Å². The highest BCUT2D eigenvalue weighted by atomic mass is 16.5. The molecule has 1 heterocycles. The molecule has 3 aromatic carbocycles.